The normalized spacial score (nSPS) is 13.9. The molecule has 1 rings (SSSR count). The van der Waals surface area contributed by atoms with Gasteiger partial charge in [0.1, 0.15) is 0 Å². The first-order valence-electron chi connectivity index (χ1n) is 4.75. The van der Waals surface area contributed by atoms with Gasteiger partial charge >= 0.3 is 5.97 Å². The molecule has 1 heterocycles. The van der Waals surface area contributed by atoms with E-state index >= 15 is 0 Å². The Morgan fingerprint density at radius 1 is 1.60 bits per heavy atom. The van der Waals surface area contributed by atoms with Crippen LogP contribution in [0.15, 0.2) is 12.4 Å². The van der Waals surface area contributed by atoms with Crippen molar-refractivity contribution in [3.63, 3.8) is 0 Å². The van der Waals surface area contributed by atoms with E-state index in [1.54, 1.807) is 10.9 Å². The molecular weight excluding hydrogens is 196 g/mol. The van der Waals surface area contributed by atoms with Crippen LogP contribution in [0.5, 0.6) is 0 Å². The van der Waals surface area contributed by atoms with Crippen LogP contribution in [0.25, 0.3) is 0 Å². The van der Waals surface area contributed by atoms with Gasteiger partial charge < -0.3 is 10.2 Å². The second-order valence-electron chi connectivity index (χ2n) is 4.50. The number of carboxylic acid groups (broad SMARTS) is 1. The Kier molecular flexibility index (Phi) is 3.14. The van der Waals surface area contributed by atoms with Crippen LogP contribution in [0.3, 0.4) is 0 Å². The molecule has 0 unspecified atom stereocenters. The molecule has 1 aromatic rings. The van der Waals surface area contributed by atoms with Gasteiger partial charge in [0.05, 0.1) is 24.3 Å². The molecule has 1 atom stereocenters. The fourth-order valence-electron chi connectivity index (χ4n) is 1.16. The molecule has 5 heteroatoms. The summed E-state index contributed by atoms with van der Waals surface area (Å²) < 4.78 is 1.70. The van der Waals surface area contributed by atoms with E-state index in [0.717, 1.165) is 0 Å². The molecule has 0 aliphatic carbocycles. The van der Waals surface area contributed by atoms with Gasteiger partial charge in [0.2, 0.25) is 0 Å². The highest BCUT2D eigenvalue weighted by atomic mass is 16.4. The molecule has 0 fully saturated rings. The second-order valence-corrected chi connectivity index (χ2v) is 4.50. The van der Waals surface area contributed by atoms with Crippen molar-refractivity contribution in [2.75, 3.05) is 0 Å². The molecule has 2 N–H and O–H groups in total. The van der Waals surface area contributed by atoms with Crippen LogP contribution in [0.2, 0.25) is 0 Å². The van der Waals surface area contributed by atoms with Gasteiger partial charge in [0.15, 0.2) is 0 Å². The summed E-state index contributed by atoms with van der Waals surface area (Å²) in [6.45, 7) is 5.94. The molecule has 0 aromatic carbocycles. The molecule has 84 valence electrons. The van der Waals surface area contributed by atoms with Crippen molar-refractivity contribution in [1.82, 2.24) is 9.78 Å². The van der Waals surface area contributed by atoms with E-state index in [9.17, 15) is 9.90 Å². The van der Waals surface area contributed by atoms with Crippen molar-refractivity contribution in [2.45, 2.75) is 38.8 Å². The minimum absolute atomic E-state index is 0.165. The van der Waals surface area contributed by atoms with Gasteiger partial charge in [-0.25, -0.2) is 0 Å². The van der Waals surface area contributed by atoms with Gasteiger partial charge in [0.25, 0.3) is 0 Å². The van der Waals surface area contributed by atoms with E-state index in [4.69, 9.17) is 5.11 Å². The van der Waals surface area contributed by atoms with Crippen LogP contribution in [0, 0.1) is 0 Å². The fourth-order valence-corrected chi connectivity index (χ4v) is 1.16. The van der Waals surface area contributed by atoms with E-state index in [1.165, 1.54) is 6.20 Å². The standard InChI is InChI=1S/C10H16N2O3/c1-10(2,3)12-6-7(5-11-12)8(13)4-9(14)15/h5-6,8,13H,4H2,1-3H3,(H,14,15)/t8-/m0/s1. The van der Waals surface area contributed by atoms with Gasteiger partial charge in [-0.3, -0.25) is 9.48 Å². The van der Waals surface area contributed by atoms with Gasteiger partial charge in [-0.05, 0) is 20.8 Å². The largest absolute Gasteiger partial charge is 0.481 e. The summed E-state index contributed by atoms with van der Waals surface area (Å²) in [7, 11) is 0. The number of carbonyl (C=O) groups is 1. The second kappa shape index (κ2) is 4.02. The predicted octanol–water partition coefficient (Wildman–Crippen LogP) is 1.15. The van der Waals surface area contributed by atoms with Crippen LogP contribution in [0.4, 0.5) is 0 Å². The van der Waals surface area contributed by atoms with Gasteiger partial charge in [0, 0.05) is 11.8 Å². The molecule has 0 aliphatic rings. The Balaban J connectivity index is 2.80. The third-order valence-corrected chi connectivity index (χ3v) is 2.04. The molecule has 0 saturated carbocycles. The smallest absolute Gasteiger partial charge is 0.306 e. The topological polar surface area (TPSA) is 75.4 Å². The van der Waals surface area contributed by atoms with Crippen molar-refractivity contribution in [1.29, 1.82) is 0 Å². The van der Waals surface area contributed by atoms with E-state index in [0.29, 0.717) is 5.56 Å². The van der Waals surface area contributed by atoms with Crippen LogP contribution in [0.1, 0.15) is 38.9 Å². The maximum absolute atomic E-state index is 10.4. The van der Waals surface area contributed by atoms with E-state index in [-0.39, 0.29) is 12.0 Å². The average Bonchev–Trinajstić information content (AvgIpc) is 2.48. The third-order valence-electron chi connectivity index (χ3n) is 2.04. The number of aliphatic carboxylic acids is 1. The third kappa shape index (κ3) is 3.06. The Bertz CT molecular complexity index is 352. The predicted molar refractivity (Wildman–Crippen MR) is 54.4 cm³/mol. The molecular formula is C10H16N2O3. The van der Waals surface area contributed by atoms with Crippen molar-refractivity contribution in [3.05, 3.63) is 18.0 Å². The van der Waals surface area contributed by atoms with Crippen LogP contribution in [-0.2, 0) is 10.3 Å². The summed E-state index contributed by atoms with van der Waals surface area (Å²) in [4.78, 5) is 10.4. The maximum Gasteiger partial charge on any atom is 0.306 e. The van der Waals surface area contributed by atoms with Crippen molar-refractivity contribution < 1.29 is 15.0 Å². The first-order chi connectivity index (χ1) is 6.80. The Morgan fingerprint density at radius 3 is 2.60 bits per heavy atom. The number of nitrogens with zero attached hydrogens (tertiary/aromatic N) is 2. The number of hydrogen-bond donors (Lipinski definition) is 2. The summed E-state index contributed by atoms with van der Waals surface area (Å²) in [6.07, 6.45) is 1.89. The number of rotatable bonds is 3. The highest BCUT2D eigenvalue weighted by Crippen LogP contribution is 2.19. The first kappa shape index (κ1) is 11.7. The summed E-state index contributed by atoms with van der Waals surface area (Å²) in [5.41, 5.74) is 0.369. The monoisotopic (exact) mass is 212 g/mol. The van der Waals surface area contributed by atoms with Gasteiger partial charge in [-0.15, -0.1) is 0 Å². The molecule has 0 radical (unpaired) electrons. The zero-order chi connectivity index (χ0) is 11.6. The molecule has 1 aromatic heterocycles. The zero-order valence-corrected chi connectivity index (χ0v) is 9.14. The molecule has 0 spiro atoms. The van der Waals surface area contributed by atoms with Crippen LogP contribution >= 0.6 is 0 Å². The minimum Gasteiger partial charge on any atom is -0.481 e. The van der Waals surface area contributed by atoms with E-state index < -0.39 is 12.1 Å². The Labute approximate surface area is 88.3 Å². The summed E-state index contributed by atoms with van der Waals surface area (Å²) in [5.74, 6) is -1.02. The molecule has 0 saturated heterocycles. The summed E-state index contributed by atoms with van der Waals surface area (Å²) >= 11 is 0. The highest BCUT2D eigenvalue weighted by Gasteiger charge is 2.18. The van der Waals surface area contributed by atoms with Crippen molar-refractivity contribution in [2.24, 2.45) is 0 Å². The number of aromatic nitrogens is 2. The minimum atomic E-state index is -1.02. The quantitative estimate of drug-likeness (QED) is 0.788. The number of carboxylic acids is 1. The summed E-state index contributed by atoms with van der Waals surface area (Å²) in [6, 6.07) is 0. The lowest BCUT2D eigenvalue weighted by Crippen LogP contribution is -2.22. The number of aliphatic hydroxyl groups excluding tert-OH is 1. The molecule has 0 bridgehead atoms. The summed E-state index contributed by atoms with van der Waals surface area (Å²) in [5, 5.41) is 22.1. The molecule has 0 aliphatic heterocycles. The SMILES string of the molecule is CC(C)(C)n1cc([C@@H](O)CC(=O)O)cn1. The van der Waals surface area contributed by atoms with E-state index in [1.807, 2.05) is 20.8 Å². The van der Waals surface area contributed by atoms with E-state index in [2.05, 4.69) is 5.10 Å². The van der Waals surface area contributed by atoms with Crippen LogP contribution in [-0.4, -0.2) is 26.0 Å². The first-order valence-corrected chi connectivity index (χ1v) is 4.75. The Hall–Kier alpha value is -1.36. The fraction of sp³-hybridized carbons (Fsp3) is 0.600. The van der Waals surface area contributed by atoms with Crippen LogP contribution < -0.4 is 0 Å². The van der Waals surface area contributed by atoms with Crippen molar-refractivity contribution >= 4 is 5.97 Å². The highest BCUT2D eigenvalue weighted by molar-refractivity contribution is 5.67. The lowest BCUT2D eigenvalue weighted by molar-refractivity contribution is -0.139. The van der Waals surface area contributed by atoms with Crippen molar-refractivity contribution in [3.8, 4) is 0 Å². The maximum atomic E-state index is 10.4. The number of hydrogen-bond acceptors (Lipinski definition) is 3. The number of aliphatic hydroxyl groups is 1. The Morgan fingerprint density at radius 2 is 2.20 bits per heavy atom. The molecule has 0 amide bonds. The lowest BCUT2D eigenvalue weighted by atomic mass is 10.1. The molecule has 15 heavy (non-hydrogen) atoms. The lowest BCUT2D eigenvalue weighted by Gasteiger charge is -2.18. The zero-order valence-electron chi connectivity index (χ0n) is 9.14. The average molecular weight is 212 g/mol. The van der Waals surface area contributed by atoms with Gasteiger partial charge in [-0.2, -0.15) is 5.10 Å². The molecule has 5 nitrogen and oxygen atoms in total. The van der Waals surface area contributed by atoms with Gasteiger partial charge in [-0.1, -0.05) is 0 Å².